The third kappa shape index (κ3) is 6.21. The lowest BCUT2D eigenvalue weighted by Crippen LogP contribution is -2.35. The van der Waals surface area contributed by atoms with Gasteiger partial charge in [-0.25, -0.2) is 0 Å². The predicted octanol–water partition coefficient (Wildman–Crippen LogP) is 2.65. The van der Waals surface area contributed by atoms with E-state index in [-0.39, 0.29) is 12.0 Å². The Morgan fingerprint density at radius 1 is 1.12 bits per heavy atom. The van der Waals surface area contributed by atoms with Crippen molar-refractivity contribution in [3.63, 3.8) is 0 Å². The molecule has 178 valence electrons. The van der Waals surface area contributed by atoms with Crippen molar-refractivity contribution in [3.8, 4) is 12.0 Å². The van der Waals surface area contributed by atoms with Crippen LogP contribution in [0.3, 0.4) is 0 Å². The van der Waals surface area contributed by atoms with Crippen LogP contribution in [-0.2, 0) is 16.1 Å². The first-order chi connectivity index (χ1) is 15.5. The van der Waals surface area contributed by atoms with Gasteiger partial charge in [0.25, 0.3) is 6.01 Å². The maximum absolute atomic E-state index is 11.4. The Kier molecular flexibility index (Phi) is 8.90. The number of methoxy groups -OCH3 is 2. The molecule has 1 fully saturated rings. The lowest BCUT2D eigenvalue weighted by Gasteiger charge is -2.31. The highest BCUT2D eigenvalue weighted by molar-refractivity contribution is 5.83. The van der Waals surface area contributed by atoms with Gasteiger partial charge in [-0.2, -0.15) is 15.0 Å². The van der Waals surface area contributed by atoms with Crippen molar-refractivity contribution in [2.45, 2.75) is 58.4 Å². The average Bonchev–Trinajstić information content (AvgIpc) is 3.16. The maximum Gasteiger partial charge on any atom is 0.320 e. The quantitative estimate of drug-likeness (QED) is 0.386. The standard InChI is InChI=1S/C22H36N6O4/c1-4-5-15-32-21-25-19(23)18-20(26-21)28(22(24-18)31-3)12-6-11-27-13-9-16(10-14-27)7-8-17(29)30-2/h16H,4-15H2,1-3H3,(H2,23,25,26). The number of hydrogen-bond donors (Lipinski definition) is 1. The van der Waals surface area contributed by atoms with Gasteiger partial charge < -0.3 is 24.8 Å². The number of aromatic nitrogens is 4. The molecule has 3 rings (SSSR count). The maximum atomic E-state index is 11.4. The summed E-state index contributed by atoms with van der Waals surface area (Å²) in [6.45, 7) is 6.46. The number of carbonyl (C=O) groups excluding carboxylic acids is 1. The van der Waals surface area contributed by atoms with Crippen LogP contribution in [-0.4, -0.2) is 70.8 Å². The normalized spacial score (nSPS) is 15.2. The van der Waals surface area contributed by atoms with Crippen molar-refractivity contribution in [2.75, 3.05) is 46.2 Å². The summed E-state index contributed by atoms with van der Waals surface area (Å²) in [5.41, 5.74) is 7.29. The van der Waals surface area contributed by atoms with E-state index in [1.54, 1.807) is 7.11 Å². The molecule has 0 aromatic carbocycles. The molecule has 2 aromatic rings. The number of fused-ring (bicyclic) bond motifs is 1. The first-order valence-corrected chi connectivity index (χ1v) is 11.5. The summed E-state index contributed by atoms with van der Waals surface area (Å²) in [5, 5.41) is 0. The lowest BCUT2D eigenvalue weighted by molar-refractivity contribution is -0.141. The molecule has 0 unspecified atom stereocenters. The van der Waals surface area contributed by atoms with Crippen LogP contribution in [0.1, 0.15) is 51.9 Å². The Balaban J connectivity index is 1.56. The van der Waals surface area contributed by atoms with Crippen molar-refractivity contribution in [3.05, 3.63) is 0 Å². The Hall–Kier alpha value is -2.62. The summed E-state index contributed by atoms with van der Waals surface area (Å²) >= 11 is 0. The molecular weight excluding hydrogens is 412 g/mol. The number of esters is 1. The van der Waals surface area contributed by atoms with Gasteiger partial charge in [0.15, 0.2) is 17.0 Å². The minimum absolute atomic E-state index is 0.114. The highest BCUT2D eigenvalue weighted by Crippen LogP contribution is 2.26. The first-order valence-electron chi connectivity index (χ1n) is 11.5. The Bertz CT molecular complexity index is 879. The molecule has 10 nitrogen and oxygen atoms in total. The first kappa shape index (κ1) is 24.0. The van der Waals surface area contributed by atoms with E-state index >= 15 is 0 Å². The number of piperidine rings is 1. The van der Waals surface area contributed by atoms with Gasteiger partial charge in [-0.3, -0.25) is 9.36 Å². The molecule has 0 saturated carbocycles. The molecule has 1 aliphatic heterocycles. The van der Waals surface area contributed by atoms with Crippen molar-refractivity contribution in [1.29, 1.82) is 0 Å². The van der Waals surface area contributed by atoms with Crippen LogP contribution in [0.2, 0.25) is 0 Å². The number of rotatable bonds is 12. The molecular formula is C22H36N6O4. The SMILES string of the molecule is CCCCOc1nc(N)c2nc(OC)n(CCCN3CCC(CCC(=O)OC)CC3)c2n1. The van der Waals surface area contributed by atoms with Gasteiger partial charge in [-0.05, 0) is 57.7 Å². The summed E-state index contributed by atoms with van der Waals surface area (Å²) in [4.78, 5) is 27.1. The van der Waals surface area contributed by atoms with Gasteiger partial charge in [0.05, 0.1) is 20.8 Å². The summed E-state index contributed by atoms with van der Waals surface area (Å²) in [5.74, 6) is 0.790. The number of likely N-dealkylation sites (tertiary alicyclic amines) is 1. The summed E-state index contributed by atoms with van der Waals surface area (Å²) in [6, 6.07) is 0.759. The van der Waals surface area contributed by atoms with Crippen LogP contribution < -0.4 is 15.2 Å². The molecule has 32 heavy (non-hydrogen) atoms. The summed E-state index contributed by atoms with van der Waals surface area (Å²) in [6.07, 6.45) is 6.58. The third-order valence-corrected chi connectivity index (χ3v) is 6.03. The van der Waals surface area contributed by atoms with E-state index in [1.807, 2.05) is 4.57 Å². The fraction of sp³-hybridized carbons (Fsp3) is 0.727. The number of aryl methyl sites for hydroxylation is 1. The minimum Gasteiger partial charge on any atom is -0.469 e. The molecule has 0 radical (unpaired) electrons. The van der Waals surface area contributed by atoms with Crippen LogP contribution in [0.15, 0.2) is 0 Å². The number of nitrogen functional groups attached to an aromatic ring is 1. The van der Waals surface area contributed by atoms with Crippen LogP contribution in [0.4, 0.5) is 5.82 Å². The second kappa shape index (κ2) is 11.8. The zero-order chi connectivity index (χ0) is 22.9. The monoisotopic (exact) mass is 448 g/mol. The number of ether oxygens (including phenoxy) is 3. The Morgan fingerprint density at radius 3 is 2.59 bits per heavy atom. The van der Waals surface area contributed by atoms with Gasteiger partial charge >= 0.3 is 12.0 Å². The highest BCUT2D eigenvalue weighted by Gasteiger charge is 2.21. The number of nitrogens with zero attached hydrogens (tertiary/aromatic N) is 5. The molecule has 0 amide bonds. The Morgan fingerprint density at radius 2 is 1.91 bits per heavy atom. The van der Waals surface area contributed by atoms with E-state index in [0.717, 1.165) is 58.2 Å². The number of nitrogens with two attached hydrogens (primary N) is 1. The summed E-state index contributed by atoms with van der Waals surface area (Å²) in [7, 11) is 3.04. The highest BCUT2D eigenvalue weighted by atomic mass is 16.5. The van der Waals surface area contributed by atoms with Gasteiger partial charge in [-0.15, -0.1) is 0 Å². The number of carbonyl (C=O) groups is 1. The van der Waals surface area contributed by atoms with Crippen molar-refractivity contribution in [2.24, 2.45) is 5.92 Å². The van der Waals surface area contributed by atoms with E-state index < -0.39 is 0 Å². The molecule has 0 spiro atoms. The largest absolute Gasteiger partial charge is 0.469 e. The van der Waals surface area contributed by atoms with Crippen LogP contribution in [0, 0.1) is 5.92 Å². The zero-order valence-electron chi connectivity index (χ0n) is 19.5. The fourth-order valence-corrected chi connectivity index (χ4v) is 4.09. The van der Waals surface area contributed by atoms with Crippen molar-refractivity contribution in [1.82, 2.24) is 24.4 Å². The molecule has 10 heteroatoms. The van der Waals surface area contributed by atoms with E-state index in [4.69, 9.17) is 19.9 Å². The number of anilines is 1. The van der Waals surface area contributed by atoms with E-state index in [9.17, 15) is 4.79 Å². The van der Waals surface area contributed by atoms with Gasteiger partial charge in [0.2, 0.25) is 0 Å². The second-order valence-electron chi connectivity index (χ2n) is 8.27. The topological polar surface area (TPSA) is 118 Å². The molecule has 0 aliphatic carbocycles. The number of unbranched alkanes of at least 4 members (excludes halogenated alkanes) is 1. The van der Waals surface area contributed by atoms with Crippen molar-refractivity contribution >= 4 is 23.0 Å². The van der Waals surface area contributed by atoms with Gasteiger partial charge in [-0.1, -0.05) is 13.3 Å². The molecule has 1 saturated heterocycles. The average molecular weight is 449 g/mol. The minimum atomic E-state index is -0.114. The third-order valence-electron chi connectivity index (χ3n) is 6.03. The van der Waals surface area contributed by atoms with E-state index in [2.05, 4.69) is 26.8 Å². The molecule has 1 aliphatic rings. The fourth-order valence-electron chi connectivity index (χ4n) is 4.09. The van der Waals surface area contributed by atoms with E-state index in [0.29, 0.717) is 48.5 Å². The smallest absolute Gasteiger partial charge is 0.320 e. The molecule has 3 heterocycles. The van der Waals surface area contributed by atoms with Crippen LogP contribution in [0.25, 0.3) is 11.2 Å². The summed E-state index contributed by atoms with van der Waals surface area (Å²) < 4.78 is 17.8. The van der Waals surface area contributed by atoms with Crippen molar-refractivity contribution < 1.29 is 19.0 Å². The number of imidazole rings is 1. The van der Waals surface area contributed by atoms with Crippen LogP contribution in [0.5, 0.6) is 12.0 Å². The van der Waals surface area contributed by atoms with Crippen LogP contribution >= 0.6 is 0 Å². The number of hydrogen-bond acceptors (Lipinski definition) is 9. The second-order valence-corrected chi connectivity index (χ2v) is 8.27. The molecule has 2 N–H and O–H groups in total. The van der Waals surface area contributed by atoms with Gasteiger partial charge in [0, 0.05) is 13.0 Å². The molecule has 0 atom stereocenters. The molecule has 0 bridgehead atoms. The zero-order valence-corrected chi connectivity index (χ0v) is 19.5. The molecule has 2 aromatic heterocycles. The lowest BCUT2D eigenvalue weighted by atomic mass is 9.92. The Labute approximate surface area is 189 Å². The van der Waals surface area contributed by atoms with Gasteiger partial charge in [0.1, 0.15) is 0 Å². The van der Waals surface area contributed by atoms with E-state index in [1.165, 1.54) is 7.11 Å². The predicted molar refractivity (Wildman–Crippen MR) is 122 cm³/mol.